The first-order chi connectivity index (χ1) is 11.6. The van der Waals surface area contributed by atoms with Crippen molar-refractivity contribution in [2.24, 2.45) is 10.7 Å². The quantitative estimate of drug-likeness (QED) is 0.147. The number of halogens is 1. The molecule has 0 atom stereocenters. The Morgan fingerprint density at radius 3 is 2.56 bits per heavy atom. The molecule has 0 fully saturated rings. The first-order valence-corrected chi connectivity index (χ1v) is 7.28. The van der Waals surface area contributed by atoms with Crippen molar-refractivity contribution in [1.29, 1.82) is 0 Å². The van der Waals surface area contributed by atoms with Gasteiger partial charge in [-0.1, -0.05) is 12.1 Å². The number of nitro groups is 1. The lowest BCUT2D eigenvalue weighted by Crippen LogP contribution is -2.23. The number of hydrogen-bond acceptors (Lipinski definition) is 5. The predicted octanol–water partition coefficient (Wildman–Crippen LogP) is 3.06. The highest BCUT2D eigenvalue weighted by atomic mass is 127. The summed E-state index contributed by atoms with van der Waals surface area (Å²) in [6.07, 6.45) is 0. The first-order valence-electron chi connectivity index (χ1n) is 7.28. The number of aliphatic imine (C=N–C) groups is 1. The Bertz CT molecular complexity index is 722. The molecule has 0 radical (unpaired) electrons. The van der Waals surface area contributed by atoms with Crippen molar-refractivity contribution in [3.63, 3.8) is 0 Å². The van der Waals surface area contributed by atoms with Gasteiger partial charge in [-0.05, 0) is 30.3 Å². The number of rotatable bonds is 7. The van der Waals surface area contributed by atoms with Crippen molar-refractivity contribution in [2.45, 2.75) is 0 Å². The Balaban J connectivity index is 0.00000312. The zero-order chi connectivity index (χ0) is 17.4. The number of nitrogens with two attached hydrogens (primary N) is 1. The van der Waals surface area contributed by atoms with Crippen LogP contribution in [-0.4, -0.2) is 31.1 Å². The maximum Gasteiger partial charge on any atom is 0.292 e. The zero-order valence-corrected chi connectivity index (χ0v) is 16.0. The molecular weight excluding hydrogens is 437 g/mol. The van der Waals surface area contributed by atoms with Crippen molar-refractivity contribution in [2.75, 3.05) is 30.8 Å². The highest BCUT2D eigenvalue weighted by Crippen LogP contribution is 2.22. The molecule has 2 rings (SSSR count). The topological polar surface area (TPSA) is 115 Å². The largest absolute Gasteiger partial charge is 0.497 e. The number of methoxy groups -OCH3 is 1. The van der Waals surface area contributed by atoms with Gasteiger partial charge in [-0.2, -0.15) is 0 Å². The van der Waals surface area contributed by atoms with Crippen LogP contribution in [0.3, 0.4) is 0 Å². The Morgan fingerprint density at radius 1 is 1.24 bits per heavy atom. The van der Waals surface area contributed by atoms with Gasteiger partial charge in [0.15, 0.2) is 5.96 Å². The smallest absolute Gasteiger partial charge is 0.292 e. The molecule has 9 heteroatoms. The second-order valence-corrected chi connectivity index (χ2v) is 4.82. The lowest BCUT2D eigenvalue weighted by Gasteiger charge is -2.08. The number of hydrogen-bond donors (Lipinski definition) is 3. The number of nitrogens with zero attached hydrogens (tertiary/aromatic N) is 2. The standard InChI is InChI=1S/C16H19N5O3.HI/c1-24-13-8-6-12(7-9-13)20-16(17)19-11-10-18-14-4-2-3-5-15(14)21(22)23;/h2-9,18H,10-11H2,1H3,(H3,17,19,20);1H. The van der Waals surface area contributed by atoms with Gasteiger partial charge < -0.3 is 21.1 Å². The van der Waals surface area contributed by atoms with Gasteiger partial charge in [-0.25, -0.2) is 0 Å². The summed E-state index contributed by atoms with van der Waals surface area (Å²) in [6.45, 7) is 0.802. The molecule has 0 saturated carbocycles. The monoisotopic (exact) mass is 457 g/mol. The molecule has 2 aromatic carbocycles. The summed E-state index contributed by atoms with van der Waals surface area (Å²) < 4.78 is 5.08. The van der Waals surface area contributed by atoms with Crippen molar-refractivity contribution in [1.82, 2.24) is 0 Å². The normalized spacial score (nSPS) is 10.5. The maximum atomic E-state index is 10.9. The third kappa shape index (κ3) is 6.45. The number of ether oxygens (including phenoxy) is 1. The van der Waals surface area contributed by atoms with Gasteiger partial charge in [0.2, 0.25) is 0 Å². The lowest BCUT2D eigenvalue weighted by atomic mass is 10.2. The molecule has 0 heterocycles. The summed E-state index contributed by atoms with van der Waals surface area (Å²) >= 11 is 0. The van der Waals surface area contributed by atoms with Crippen LogP contribution >= 0.6 is 24.0 Å². The fraction of sp³-hybridized carbons (Fsp3) is 0.188. The molecule has 0 unspecified atom stereocenters. The summed E-state index contributed by atoms with van der Waals surface area (Å²) in [4.78, 5) is 14.7. The van der Waals surface area contributed by atoms with Gasteiger partial charge in [0, 0.05) is 18.3 Å². The molecule has 0 bridgehead atoms. The number of nitro benzene ring substituents is 1. The molecular formula is C16H20IN5O3. The molecule has 8 nitrogen and oxygen atoms in total. The van der Waals surface area contributed by atoms with Crippen LogP contribution in [0.25, 0.3) is 0 Å². The van der Waals surface area contributed by atoms with E-state index in [2.05, 4.69) is 15.6 Å². The Morgan fingerprint density at radius 2 is 1.92 bits per heavy atom. The van der Waals surface area contributed by atoms with E-state index in [-0.39, 0.29) is 35.6 Å². The van der Waals surface area contributed by atoms with Gasteiger partial charge in [0.1, 0.15) is 11.4 Å². The third-order valence-electron chi connectivity index (χ3n) is 3.17. The third-order valence-corrected chi connectivity index (χ3v) is 3.17. The van der Waals surface area contributed by atoms with Crippen molar-refractivity contribution in [3.05, 3.63) is 58.6 Å². The van der Waals surface area contributed by atoms with Gasteiger partial charge >= 0.3 is 0 Å². The van der Waals surface area contributed by atoms with Crippen LogP contribution in [0.4, 0.5) is 17.1 Å². The van der Waals surface area contributed by atoms with Gasteiger partial charge in [-0.3, -0.25) is 15.1 Å². The van der Waals surface area contributed by atoms with E-state index in [1.54, 1.807) is 25.3 Å². The molecule has 0 aliphatic rings. The van der Waals surface area contributed by atoms with Crippen molar-refractivity contribution >= 4 is 47.0 Å². The average Bonchev–Trinajstić information content (AvgIpc) is 2.59. The summed E-state index contributed by atoms with van der Waals surface area (Å²) in [5.74, 6) is 1.02. The van der Waals surface area contributed by atoms with Crippen LogP contribution in [0.5, 0.6) is 5.75 Å². The van der Waals surface area contributed by atoms with E-state index < -0.39 is 4.92 Å². The minimum Gasteiger partial charge on any atom is -0.497 e. The van der Waals surface area contributed by atoms with Crippen LogP contribution < -0.4 is 21.1 Å². The van der Waals surface area contributed by atoms with E-state index in [1.807, 2.05) is 24.3 Å². The number of nitrogens with one attached hydrogen (secondary N) is 2. The lowest BCUT2D eigenvalue weighted by molar-refractivity contribution is -0.384. The minimum atomic E-state index is -0.425. The molecule has 0 aliphatic heterocycles. The fourth-order valence-electron chi connectivity index (χ4n) is 2.01. The molecule has 4 N–H and O–H groups in total. The summed E-state index contributed by atoms with van der Waals surface area (Å²) in [5, 5.41) is 16.8. The number of para-hydroxylation sites is 2. The van der Waals surface area contributed by atoms with E-state index in [0.717, 1.165) is 11.4 Å². The number of benzene rings is 2. The highest BCUT2D eigenvalue weighted by Gasteiger charge is 2.10. The second-order valence-electron chi connectivity index (χ2n) is 4.82. The van der Waals surface area contributed by atoms with E-state index in [9.17, 15) is 10.1 Å². The van der Waals surface area contributed by atoms with Crippen molar-refractivity contribution < 1.29 is 9.66 Å². The average molecular weight is 457 g/mol. The Kier molecular flexibility index (Phi) is 8.47. The molecule has 0 aliphatic carbocycles. The number of anilines is 2. The molecule has 0 saturated heterocycles. The maximum absolute atomic E-state index is 10.9. The molecule has 2 aromatic rings. The summed E-state index contributed by atoms with van der Waals surface area (Å²) in [5.41, 5.74) is 7.09. The van der Waals surface area contributed by atoms with Crippen LogP contribution in [0.1, 0.15) is 0 Å². The van der Waals surface area contributed by atoms with Gasteiger partial charge in [0.05, 0.1) is 18.6 Å². The van der Waals surface area contributed by atoms with Crippen LogP contribution in [0.15, 0.2) is 53.5 Å². The van der Waals surface area contributed by atoms with Crippen LogP contribution in [0, 0.1) is 10.1 Å². The molecule has 0 spiro atoms. The second kappa shape index (κ2) is 10.3. The van der Waals surface area contributed by atoms with Crippen LogP contribution in [-0.2, 0) is 0 Å². The van der Waals surface area contributed by atoms with Gasteiger partial charge in [0.25, 0.3) is 5.69 Å². The van der Waals surface area contributed by atoms with E-state index >= 15 is 0 Å². The van der Waals surface area contributed by atoms with E-state index in [4.69, 9.17) is 10.5 Å². The fourth-order valence-corrected chi connectivity index (χ4v) is 2.01. The SMILES string of the molecule is COc1ccc(NC(N)=NCCNc2ccccc2[N+](=O)[O-])cc1.I. The Hall–Kier alpha value is -2.56. The highest BCUT2D eigenvalue weighted by molar-refractivity contribution is 14.0. The number of guanidine groups is 1. The summed E-state index contributed by atoms with van der Waals surface area (Å²) in [6, 6.07) is 13.7. The molecule has 134 valence electrons. The zero-order valence-electron chi connectivity index (χ0n) is 13.6. The van der Waals surface area contributed by atoms with Gasteiger partial charge in [-0.15, -0.1) is 24.0 Å². The predicted molar refractivity (Wildman–Crippen MR) is 110 cm³/mol. The summed E-state index contributed by atoms with van der Waals surface area (Å²) in [7, 11) is 1.60. The molecule has 25 heavy (non-hydrogen) atoms. The van der Waals surface area contributed by atoms with E-state index in [0.29, 0.717) is 18.8 Å². The van der Waals surface area contributed by atoms with Crippen LogP contribution in [0.2, 0.25) is 0 Å². The van der Waals surface area contributed by atoms with E-state index in [1.165, 1.54) is 6.07 Å². The van der Waals surface area contributed by atoms with Crippen molar-refractivity contribution in [3.8, 4) is 5.75 Å². The Labute approximate surface area is 162 Å². The minimum absolute atomic E-state index is 0. The molecule has 0 amide bonds. The first kappa shape index (κ1) is 20.5. The molecule has 0 aromatic heterocycles.